The maximum Gasteiger partial charge on any atom is 0.274 e. The lowest BCUT2D eigenvalue weighted by atomic mass is 10.2. The van der Waals surface area contributed by atoms with E-state index in [2.05, 4.69) is 15.6 Å². The molecule has 0 aliphatic carbocycles. The van der Waals surface area contributed by atoms with Crippen LogP contribution in [0.3, 0.4) is 0 Å². The van der Waals surface area contributed by atoms with E-state index in [1.807, 2.05) is 19.0 Å². The molecule has 8 heteroatoms. The van der Waals surface area contributed by atoms with Crippen molar-refractivity contribution in [3.63, 3.8) is 0 Å². The first-order chi connectivity index (χ1) is 12.4. The third kappa shape index (κ3) is 5.69. The third-order valence-electron chi connectivity index (χ3n) is 3.52. The summed E-state index contributed by atoms with van der Waals surface area (Å²) < 4.78 is 0. The highest BCUT2D eigenvalue weighted by Gasteiger charge is 2.14. The zero-order chi connectivity index (χ0) is 19.1. The number of rotatable bonds is 7. The number of carbonyl (C=O) groups is 2. The molecule has 0 fully saturated rings. The molecule has 0 saturated heterocycles. The summed E-state index contributed by atoms with van der Waals surface area (Å²) in [5, 5.41) is 6.05. The van der Waals surface area contributed by atoms with Crippen molar-refractivity contribution < 1.29 is 9.59 Å². The summed E-state index contributed by atoms with van der Waals surface area (Å²) in [6.45, 7) is 1.43. The number of pyridine rings is 1. The van der Waals surface area contributed by atoms with E-state index in [9.17, 15) is 9.59 Å². The molecule has 0 unspecified atom stereocenters. The van der Waals surface area contributed by atoms with Crippen molar-refractivity contribution in [1.82, 2.24) is 15.2 Å². The second-order valence-electron chi connectivity index (χ2n) is 5.90. The molecule has 26 heavy (non-hydrogen) atoms. The minimum Gasteiger partial charge on any atom is -0.352 e. The number of nitrogens with zero attached hydrogens (tertiary/aromatic N) is 2. The van der Waals surface area contributed by atoms with Crippen LogP contribution in [-0.2, 0) is 0 Å². The molecule has 2 N–H and O–H groups in total. The highest BCUT2D eigenvalue weighted by Crippen LogP contribution is 2.29. The van der Waals surface area contributed by atoms with E-state index in [0.717, 1.165) is 13.0 Å². The quantitative estimate of drug-likeness (QED) is 0.706. The predicted molar refractivity (Wildman–Crippen MR) is 104 cm³/mol. The molecule has 0 radical (unpaired) electrons. The third-order valence-corrected chi connectivity index (χ3v) is 4.34. The molecule has 0 aliphatic rings. The zero-order valence-electron chi connectivity index (χ0n) is 14.6. The van der Waals surface area contributed by atoms with Gasteiger partial charge in [-0.05, 0) is 51.3 Å². The fourth-order valence-electron chi connectivity index (χ4n) is 2.18. The van der Waals surface area contributed by atoms with Crippen molar-refractivity contribution in [3.8, 4) is 0 Å². The smallest absolute Gasteiger partial charge is 0.274 e. The van der Waals surface area contributed by atoms with Gasteiger partial charge in [-0.3, -0.25) is 14.6 Å². The van der Waals surface area contributed by atoms with Gasteiger partial charge in [-0.25, -0.2) is 0 Å². The molecule has 1 aromatic heterocycles. The number of hydrogen-bond acceptors (Lipinski definition) is 4. The number of amides is 2. The van der Waals surface area contributed by atoms with Gasteiger partial charge < -0.3 is 15.5 Å². The Kier molecular flexibility index (Phi) is 7.38. The van der Waals surface area contributed by atoms with Gasteiger partial charge >= 0.3 is 0 Å². The van der Waals surface area contributed by atoms with Crippen molar-refractivity contribution >= 4 is 40.7 Å². The normalized spacial score (nSPS) is 10.7. The summed E-state index contributed by atoms with van der Waals surface area (Å²) >= 11 is 12.0. The van der Waals surface area contributed by atoms with Crippen LogP contribution in [0.4, 0.5) is 5.69 Å². The molecule has 0 spiro atoms. The largest absolute Gasteiger partial charge is 0.352 e. The molecule has 6 nitrogen and oxygen atoms in total. The Hall–Kier alpha value is -2.15. The average Bonchev–Trinajstić information content (AvgIpc) is 2.62. The molecule has 0 bridgehead atoms. The lowest BCUT2D eigenvalue weighted by molar-refractivity contribution is 0.0952. The first-order valence-corrected chi connectivity index (χ1v) is 8.78. The Labute approximate surface area is 162 Å². The molecule has 0 saturated carbocycles. The van der Waals surface area contributed by atoms with Crippen LogP contribution in [0.5, 0.6) is 0 Å². The number of anilines is 1. The van der Waals surface area contributed by atoms with E-state index in [0.29, 0.717) is 22.8 Å². The zero-order valence-corrected chi connectivity index (χ0v) is 16.1. The summed E-state index contributed by atoms with van der Waals surface area (Å²) in [6, 6.07) is 7.93. The summed E-state index contributed by atoms with van der Waals surface area (Å²) in [4.78, 5) is 30.6. The van der Waals surface area contributed by atoms with Gasteiger partial charge in [0.2, 0.25) is 0 Å². The highest BCUT2D eigenvalue weighted by atomic mass is 35.5. The molecule has 0 atom stereocenters. The monoisotopic (exact) mass is 394 g/mol. The number of aromatic nitrogens is 1. The van der Waals surface area contributed by atoms with E-state index in [1.165, 1.54) is 12.3 Å². The Morgan fingerprint density at radius 3 is 2.65 bits per heavy atom. The maximum absolute atomic E-state index is 12.4. The number of carbonyl (C=O) groups excluding carboxylic acids is 2. The van der Waals surface area contributed by atoms with Crippen LogP contribution in [0.1, 0.15) is 27.3 Å². The summed E-state index contributed by atoms with van der Waals surface area (Å²) in [5.41, 5.74) is 0.860. The standard InChI is InChI=1S/C18H20Cl2N4O2/c1-24(2)10-4-8-22-17(25)12-7-9-21-15(11-12)18(26)23-14-6-3-5-13(19)16(14)20/h3,5-7,9,11H,4,8,10H2,1-2H3,(H,22,25)(H,23,26). The molecule has 138 valence electrons. The summed E-state index contributed by atoms with van der Waals surface area (Å²) in [6.07, 6.45) is 2.26. The van der Waals surface area contributed by atoms with E-state index >= 15 is 0 Å². The molecular formula is C18H20Cl2N4O2. The fourth-order valence-corrected chi connectivity index (χ4v) is 2.53. The molecule has 0 aliphatic heterocycles. The Balaban J connectivity index is 2.02. The van der Waals surface area contributed by atoms with Crippen molar-refractivity contribution in [2.45, 2.75) is 6.42 Å². The topological polar surface area (TPSA) is 74.3 Å². The van der Waals surface area contributed by atoms with Crippen LogP contribution in [0.2, 0.25) is 10.0 Å². The second-order valence-corrected chi connectivity index (χ2v) is 6.68. The van der Waals surface area contributed by atoms with Crippen LogP contribution in [0, 0.1) is 0 Å². The summed E-state index contributed by atoms with van der Waals surface area (Å²) in [7, 11) is 3.95. The maximum atomic E-state index is 12.4. The number of hydrogen-bond donors (Lipinski definition) is 2. The van der Waals surface area contributed by atoms with Crippen molar-refractivity contribution in [3.05, 3.63) is 57.8 Å². The van der Waals surface area contributed by atoms with Crippen LogP contribution in [-0.4, -0.2) is 48.9 Å². The predicted octanol–water partition coefficient (Wildman–Crippen LogP) is 3.32. The van der Waals surface area contributed by atoms with E-state index < -0.39 is 5.91 Å². The highest BCUT2D eigenvalue weighted by molar-refractivity contribution is 6.44. The van der Waals surface area contributed by atoms with Gasteiger partial charge in [0.05, 0.1) is 15.7 Å². The number of halogens is 2. The number of benzene rings is 1. The van der Waals surface area contributed by atoms with Crippen molar-refractivity contribution in [2.75, 3.05) is 32.5 Å². The SMILES string of the molecule is CN(C)CCCNC(=O)c1ccnc(C(=O)Nc2cccc(Cl)c2Cl)c1. The van der Waals surface area contributed by atoms with Gasteiger partial charge in [0.15, 0.2) is 0 Å². The second kappa shape index (κ2) is 9.52. The minimum absolute atomic E-state index is 0.113. The molecular weight excluding hydrogens is 375 g/mol. The van der Waals surface area contributed by atoms with Gasteiger partial charge in [-0.1, -0.05) is 29.3 Å². The minimum atomic E-state index is -0.476. The summed E-state index contributed by atoms with van der Waals surface area (Å²) in [5.74, 6) is -0.725. The lowest BCUT2D eigenvalue weighted by Crippen LogP contribution is -2.27. The number of nitrogens with one attached hydrogen (secondary N) is 2. The van der Waals surface area contributed by atoms with Crippen LogP contribution in [0.25, 0.3) is 0 Å². The Bertz CT molecular complexity index is 797. The lowest BCUT2D eigenvalue weighted by Gasteiger charge is -2.10. The molecule has 2 rings (SSSR count). The van der Waals surface area contributed by atoms with Crippen molar-refractivity contribution in [2.24, 2.45) is 0 Å². The van der Waals surface area contributed by atoms with Gasteiger partial charge in [0.25, 0.3) is 11.8 Å². The van der Waals surface area contributed by atoms with Crippen LogP contribution < -0.4 is 10.6 Å². The van der Waals surface area contributed by atoms with E-state index in [1.54, 1.807) is 24.3 Å². The first kappa shape index (κ1) is 20.2. The first-order valence-electron chi connectivity index (χ1n) is 8.03. The molecule has 2 amide bonds. The average molecular weight is 395 g/mol. The van der Waals surface area contributed by atoms with E-state index in [4.69, 9.17) is 23.2 Å². The Morgan fingerprint density at radius 2 is 1.92 bits per heavy atom. The molecule has 1 heterocycles. The van der Waals surface area contributed by atoms with Gasteiger partial charge in [0, 0.05) is 18.3 Å². The molecule has 1 aromatic carbocycles. The van der Waals surface area contributed by atoms with Gasteiger partial charge in [0.1, 0.15) is 5.69 Å². The van der Waals surface area contributed by atoms with Crippen molar-refractivity contribution in [1.29, 1.82) is 0 Å². The molecule has 2 aromatic rings. The Morgan fingerprint density at radius 1 is 1.15 bits per heavy atom. The van der Waals surface area contributed by atoms with Gasteiger partial charge in [-0.2, -0.15) is 0 Å². The fraction of sp³-hybridized carbons (Fsp3) is 0.278. The van der Waals surface area contributed by atoms with E-state index in [-0.39, 0.29) is 16.6 Å². The van der Waals surface area contributed by atoms with Crippen LogP contribution >= 0.6 is 23.2 Å². The van der Waals surface area contributed by atoms with Crippen LogP contribution in [0.15, 0.2) is 36.5 Å². The van der Waals surface area contributed by atoms with Gasteiger partial charge in [-0.15, -0.1) is 0 Å².